The van der Waals surface area contributed by atoms with Crippen LogP contribution in [-0.4, -0.2) is 74.0 Å². The highest BCUT2D eigenvalue weighted by molar-refractivity contribution is 5.78. The van der Waals surface area contributed by atoms with Crippen LogP contribution >= 0.6 is 0 Å². The van der Waals surface area contributed by atoms with E-state index < -0.39 is 17.9 Å². The van der Waals surface area contributed by atoms with Crippen LogP contribution in [-0.2, 0) is 28.6 Å². The third-order valence-corrected chi connectivity index (χ3v) is 6.91. The molecule has 1 heterocycles. The van der Waals surface area contributed by atoms with Crippen LogP contribution in [0.3, 0.4) is 0 Å². The second kappa shape index (κ2) is 16.3. The summed E-state index contributed by atoms with van der Waals surface area (Å²) in [5.74, 6) is -1.23. The second-order valence-electron chi connectivity index (χ2n) is 9.71. The average Bonchev–Trinajstić information content (AvgIpc) is 3.30. The first-order valence-corrected chi connectivity index (χ1v) is 13.1. The first-order chi connectivity index (χ1) is 17.3. The van der Waals surface area contributed by atoms with Gasteiger partial charge in [-0.05, 0) is 49.5 Å². The number of hydrogen-bond acceptors (Lipinski definition) is 6. The first-order valence-electron chi connectivity index (χ1n) is 13.1. The van der Waals surface area contributed by atoms with Crippen LogP contribution in [0.1, 0.15) is 70.3 Å². The van der Waals surface area contributed by atoms with Crippen LogP contribution in [0, 0.1) is 11.8 Å². The van der Waals surface area contributed by atoms with E-state index >= 15 is 0 Å². The zero-order chi connectivity index (χ0) is 26.3. The molecule has 202 valence electrons. The van der Waals surface area contributed by atoms with Gasteiger partial charge in [0.15, 0.2) is 0 Å². The summed E-state index contributed by atoms with van der Waals surface area (Å²) >= 11 is 0. The largest absolute Gasteiger partial charge is 0.481 e. The van der Waals surface area contributed by atoms with Gasteiger partial charge in [-0.3, -0.25) is 14.4 Å². The Kier molecular flexibility index (Phi) is 13.5. The van der Waals surface area contributed by atoms with E-state index in [9.17, 15) is 14.4 Å². The van der Waals surface area contributed by atoms with Crippen LogP contribution in [0.5, 0.6) is 0 Å². The molecule has 1 saturated heterocycles. The van der Waals surface area contributed by atoms with Crippen molar-refractivity contribution in [3.05, 3.63) is 35.9 Å². The maximum absolute atomic E-state index is 12.8. The molecule has 0 bridgehead atoms. The number of nitrogens with zero attached hydrogens (tertiary/aromatic N) is 1. The van der Waals surface area contributed by atoms with Crippen molar-refractivity contribution < 1.29 is 33.7 Å². The SMILES string of the molecule is CCC(CC(CC(COCCOC)CC(C)C(=O)OCCC(=O)O)N1CCCC1=O)c1ccccc1. The molecule has 1 amide bonds. The molecular formula is C28H43NO7. The molecule has 2 rings (SSSR count). The quantitative estimate of drug-likeness (QED) is 0.235. The summed E-state index contributed by atoms with van der Waals surface area (Å²) in [6, 6.07) is 10.5. The summed E-state index contributed by atoms with van der Waals surface area (Å²) in [7, 11) is 1.62. The van der Waals surface area contributed by atoms with Crippen LogP contribution in [0.4, 0.5) is 0 Å². The van der Waals surface area contributed by atoms with Gasteiger partial charge < -0.3 is 24.2 Å². The van der Waals surface area contributed by atoms with E-state index in [1.54, 1.807) is 14.0 Å². The number of carbonyl (C=O) groups excluding carboxylic acids is 2. The zero-order valence-corrected chi connectivity index (χ0v) is 22.0. The number of aliphatic carboxylic acids is 1. The van der Waals surface area contributed by atoms with Crippen molar-refractivity contribution in [3.63, 3.8) is 0 Å². The van der Waals surface area contributed by atoms with Crippen LogP contribution in [0.2, 0.25) is 0 Å². The Morgan fingerprint density at radius 2 is 1.83 bits per heavy atom. The van der Waals surface area contributed by atoms with Crippen molar-refractivity contribution in [3.8, 4) is 0 Å². The summed E-state index contributed by atoms with van der Waals surface area (Å²) in [5.41, 5.74) is 1.28. The number of hydrogen-bond donors (Lipinski definition) is 1. The Morgan fingerprint density at radius 1 is 1.08 bits per heavy atom. The minimum Gasteiger partial charge on any atom is -0.481 e. The van der Waals surface area contributed by atoms with E-state index in [0.717, 1.165) is 32.2 Å². The third kappa shape index (κ3) is 10.3. The molecule has 1 aromatic rings. The van der Waals surface area contributed by atoms with Gasteiger partial charge in [0, 0.05) is 32.7 Å². The number of carboxylic acids is 1. The summed E-state index contributed by atoms with van der Waals surface area (Å²) in [5, 5.41) is 8.80. The number of rotatable bonds is 18. The monoisotopic (exact) mass is 505 g/mol. The lowest BCUT2D eigenvalue weighted by Crippen LogP contribution is -2.39. The number of likely N-dealkylation sites (tertiary alicyclic amines) is 1. The van der Waals surface area contributed by atoms with Gasteiger partial charge >= 0.3 is 11.9 Å². The number of esters is 1. The van der Waals surface area contributed by atoms with E-state index in [-0.39, 0.29) is 30.9 Å². The average molecular weight is 506 g/mol. The summed E-state index contributed by atoms with van der Waals surface area (Å²) in [6.07, 6.45) is 4.36. The fourth-order valence-electron chi connectivity index (χ4n) is 4.98. The number of ether oxygens (including phenoxy) is 3. The van der Waals surface area contributed by atoms with Crippen molar-refractivity contribution in [2.75, 3.05) is 40.1 Å². The predicted molar refractivity (Wildman–Crippen MR) is 137 cm³/mol. The van der Waals surface area contributed by atoms with Gasteiger partial charge in [0.1, 0.15) is 6.61 Å². The van der Waals surface area contributed by atoms with Crippen molar-refractivity contribution in [2.24, 2.45) is 11.8 Å². The van der Waals surface area contributed by atoms with Gasteiger partial charge in [0.2, 0.25) is 5.91 Å². The second-order valence-corrected chi connectivity index (χ2v) is 9.71. The smallest absolute Gasteiger partial charge is 0.308 e. The Balaban J connectivity index is 2.14. The molecule has 0 saturated carbocycles. The summed E-state index contributed by atoms with van der Waals surface area (Å²) in [6.45, 7) is 6.02. The fourth-order valence-corrected chi connectivity index (χ4v) is 4.98. The normalized spacial score (nSPS) is 17.0. The van der Waals surface area contributed by atoms with Gasteiger partial charge in [-0.2, -0.15) is 0 Å². The molecule has 36 heavy (non-hydrogen) atoms. The molecule has 4 atom stereocenters. The molecule has 1 aliphatic rings. The Hall–Kier alpha value is -2.45. The van der Waals surface area contributed by atoms with E-state index in [1.807, 2.05) is 11.0 Å². The topological polar surface area (TPSA) is 102 Å². The van der Waals surface area contributed by atoms with Gasteiger partial charge in [0.25, 0.3) is 0 Å². The molecule has 1 fully saturated rings. The molecule has 0 aliphatic carbocycles. The summed E-state index contributed by atoms with van der Waals surface area (Å²) in [4.78, 5) is 38.0. The number of amides is 1. The van der Waals surface area contributed by atoms with Crippen molar-refractivity contribution in [1.29, 1.82) is 0 Å². The Morgan fingerprint density at radius 3 is 2.44 bits per heavy atom. The number of carbonyl (C=O) groups is 3. The highest BCUT2D eigenvalue weighted by Gasteiger charge is 2.33. The number of methoxy groups -OCH3 is 1. The molecule has 0 radical (unpaired) electrons. The lowest BCUT2D eigenvalue weighted by atomic mass is 9.83. The van der Waals surface area contributed by atoms with Gasteiger partial charge in [-0.1, -0.05) is 44.2 Å². The standard InChI is InChI=1S/C28H43NO7/c1-4-23(24-9-6-5-7-10-24)19-25(29-13-8-11-26(29)30)18-22(20-35-16-15-34-3)17-21(2)28(33)36-14-12-27(31)32/h5-7,9-10,21-23,25H,4,8,11-20H2,1-3H3,(H,31,32). The molecule has 0 spiro atoms. The van der Waals surface area contributed by atoms with Gasteiger partial charge in [0.05, 0.1) is 25.6 Å². The predicted octanol–water partition coefficient (Wildman–Crippen LogP) is 4.27. The fraction of sp³-hybridized carbons (Fsp3) is 0.679. The van der Waals surface area contributed by atoms with Crippen LogP contribution in [0.15, 0.2) is 30.3 Å². The van der Waals surface area contributed by atoms with Crippen LogP contribution in [0.25, 0.3) is 0 Å². The van der Waals surface area contributed by atoms with Crippen molar-refractivity contribution >= 4 is 17.8 Å². The molecule has 4 unspecified atom stereocenters. The van der Waals surface area contributed by atoms with E-state index in [0.29, 0.717) is 38.6 Å². The number of benzene rings is 1. The lowest BCUT2D eigenvalue weighted by Gasteiger charge is -2.34. The molecule has 1 aromatic carbocycles. The summed E-state index contributed by atoms with van der Waals surface area (Å²) < 4.78 is 16.2. The third-order valence-electron chi connectivity index (χ3n) is 6.91. The molecule has 1 N–H and O–H groups in total. The molecule has 0 aromatic heterocycles. The molecular weight excluding hydrogens is 462 g/mol. The Bertz CT molecular complexity index is 800. The van der Waals surface area contributed by atoms with Crippen LogP contribution < -0.4 is 0 Å². The zero-order valence-electron chi connectivity index (χ0n) is 22.0. The van der Waals surface area contributed by atoms with E-state index in [2.05, 4.69) is 31.2 Å². The first kappa shape index (κ1) is 29.8. The van der Waals surface area contributed by atoms with E-state index in [4.69, 9.17) is 19.3 Å². The molecule has 1 aliphatic heterocycles. The Labute approximate surface area is 215 Å². The van der Waals surface area contributed by atoms with E-state index in [1.165, 1.54) is 5.56 Å². The van der Waals surface area contributed by atoms with Crippen molar-refractivity contribution in [1.82, 2.24) is 4.90 Å². The lowest BCUT2D eigenvalue weighted by molar-refractivity contribution is -0.151. The highest BCUT2D eigenvalue weighted by Crippen LogP contribution is 2.32. The van der Waals surface area contributed by atoms with Crippen molar-refractivity contribution in [2.45, 2.75) is 70.8 Å². The minimum absolute atomic E-state index is 0.0376. The van der Waals surface area contributed by atoms with Gasteiger partial charge in [-0.25, -0.2) is 0 Å². The minimum atomic E-state index is -0.998. The maximum Gasteiger partial charge on any atom is 0.308 e. The highest BCUT2D eigenvalue weighted by atomic mass is 16.5. The number of carboxylic acid groups (broad SMARTS) is 1. The maximum atomic E-state index is 12.8. The molecule has 8 heteroatoms. The van der Waals surface area contributed by atoms with Gasteiger partial charge in [-0.15, -0.1) is 0 Å². The molecule has 8 nitrogen and oxygen atoms in total.